The first kappa shape index (κ1) is 11.4. The van der Waals surface area contributed by atoms with E-state index >= 15 is 0 Å². The molecule has 0 saturated carbocycles. The molecule has 0 aromatic heterocycles. The van der Waals surface area contributed by atoms with Gasteiger partial charge in [-0.2, -0.15) is 0 Å². The highest BCUT2D eigenvalue weighted by Crippen LogP contribution is 2.26. The molecular formula is C10H16N2O. The van der Waals surface area contributed by atoms with Gasteiger partial charge in [0.25, 0.3) is 0 Å². The Hall–Kier alpha value is -1.64. The Morgan fingerprint density at radius 3 is 2.31 bits per heavy atom. The third-order valence-corrected chi connectivity index (χ3v) is 1.41. The predicted octanol–water partition coefficient (Wildman–Crippen LogP) is 1.93. The summed E-state index contributed by atoms with van der Waals surface area (Å²) < 4.78 is 0. The zero-order chi connectivity index (χ0) is 10.4. The molecule has 72 valence electrons. The number of phenols is 1. The summed E-state index contributed by atoms with van der Waals surface area (Å²) in [5.74, 6) is 0.000000000000000222. The molecule has 5 N–H and O–H groups in total. The highest BCUT2D eigenvalue weighted by Gasteiger charge is 2.03. The third kappa shape index (κ3) is 2.71. The van der Waals surface area contributed by atoms with Crippen LogP contribution in [0.4, 0.5) is 5.69 Å². The Morgan fingerprint density at radius 1 is 1.38 bits per heavy atom. The van der Waals surface area contributed by atoms with Crippen LogP contribution in [0.1, 0.15) is 19.4 Å². The fourth-order valence-electron chi connectivity index (χ4n) is 0.820. The van der Waals surface area contributed by atoms with Crippen LogP contribution in [0.2, 0.25) is 0 Å². The van der Waals surface area contributed by atoms with Crippen molar-refractivity contribution in [3.63, 3.8) is 0 Å². The smallest absolute Gasteiger partial charge is 0.147 e. The number of nitrogens with two attached hydrogens (primary N) is 2. The molecule has 0 atom stereocenters. The van der Waals surface area contributed by atoms with E-state index in [0.29, 0.717) is 16.9 Å². The zero-order valence-electron chi connectivity index (χ0n) is 8.04. The zero-order valence-corrected chi connectivity index (χ0v) is 8.04. The van der Waals surface area contributed by atoms with Crippen LogP contribution in [-0.4, -0.2) is 5.11 Å². The monoisotopic (exact) mass is 180 g/mol. The molecule has 1 rings (SSSR count). The van der Waals surface area contributed by atoms with E-state index in [1.165, 1.54) is 0 Å². The fourth-order valence-corrected chi connectivity index (χ4v) is 0.820. The van der Waals surface area contributed by atoms with Crippen molar-refractivity contribution in [2.75, 3.05) is 5.73 Å². The van der Waals surface area contributed by atoms with Crippen molar-refractivity contribution in [3.8, 4) is 5.75 Å². The topological polar surface area (TPSA) is 72.3 Å². The van der Waals surface area contributed by atoms with E-state index in [1.54, 1.807) is 18.2 Å². The van der Waals surface area contributed by atoms with Crippen molar-refractivity contribution >= 4 is 11.4 Å². The Labute approximate surface area is 78.7 Å². The molecule has 0 amide bonds. The molecule has 1 aromatic rings. The maximum absolute atomic E-state index is 9.30. The summed E-state index contributed by atoms with van der Waals surface area (Å²) in [4.78, 5) is 0. The lowest BCUT2D eigenvalue weighted by atomic mass is 10.1. The van der Waals surface area contributed by atoms with Crippen molar-refractivity contribution in [1.29, 1.82) is 0 Å². The average molecular weight is 180 g/mol. The summed E-state index contributed by atoms with van der Waals surface area (Å²) in [7, 11) is 0. The van der Waals surface area contributed by atoms with Crippen LogP contribution in [0.5, 0.6) is 5.75 Å². The molecule has 0 aliphatic carbocycles. The second kappa shape index (κ2) is 5.09. The molecule has 3 nitrogen and oxygen atoms in total. The number of benzene rings is 1. The van der Waals surface area contributed by atoms with Gasteiger partial charge < -0.3 is 16.6 Å². The molecule has 0 aliphatic heterocycles. The number of anilines is 1. The first-order valence-corrected chi connectivity index (χ1v) is 4.15. The number of aromatic hydroxyl groups is 1. The number of rotatable bonds is 1. The Morgan fingerprint density at radius 2 is 1.92 bits per heavy atom. The largest absolute Gasteiger partial charge is 0.505 e. The lowest BCUT2D eigenvalue weighted by molar-refractivity contribution is 0.476. The highest BCUT2D eigenvalue weighted by molar-refractivity contribution is 5.72. The van der Waals surface area contributed by atoms with Gasteiger partial charge >= 0.3 is 0 Å². The molecule has 3 heteroatoms. The van der Waals surface area contributed by atoms with Gasteiger partial charge in [-0.1, -0.05) is 26.5 Å². The van der Waals surface area contributed by atoms with Gasteiger partial charge in [0.05, 0.1) is 5.69 Å². The maximum Gasteiger partial charge on any atom is 0.147 e. The SMILES string of the molecule is C=C(N)c1cccc(N)c1O.CC. The van der Waals surface area contributed by atoms with Crippen LogP contribution in [0.15, 0.2) is 24.8 Å². The van der Waals surface area contributed by atoms with E-state index < -0.39 is 0 Å². The highest BCUT2D eigenvalue weighted by atomic mass is 16.3. The summed E-state index contributed by atoms with van der Waals surface area (Å²) in [6, 6.07) is 4.97. The lowest BCUT2D eigenvalue weighted by Gasteiger charge is -2.04. The molecule has 0 aliphatic rings. The van der Waals surface area contributed by atoms with Gasteiger partial charge in [-0.05, 0) is 12.1 Å². The minimum Gasteiger partial charge on any atom is -0.505 e. The van der Waals surface area contributed by atoms with Gasteiger partial charge in [-0.3, -0.25) is 0 Å². The van der Waals surface area contributed by atoms with Crippen LogP contribution in [0.25, 0.3) is 5.70 Å². The molecule has 0 bridgehead atoms. The van der Waals surface area contributed by atoms with Crippen molar-refractivity contribution in [3.05, 3.63) is 30.3 Å². The van der Waals surface area contributed by atoms with E-state index in [2.05, 4.69) is 6.58 Å². The fraction of sp³-hybridized carbons (Fsp3) is 0.200. The van der Waals surface area contributed by atoms with Gasteiger partial charge in [0.1, 0.15) is 5.75 Å². The predicted molar refractivity (Wildman–Crippen MR) is 57.1 cm³/mol. The number of phenolic OH excluding ortho intramolecular Hbond substituents is 1. The number of hydrogen-bond donors (Lipinski definition) is 3. The van der Waals surface area contributed by atoms with E-state index in [-0.39, 0.29) is 5.75 Å². The Balaban J connectivity index is 0.000000671. The van der Waals surface area contributed by atoms with Crippen molar-refractivity contribution in [1.82, 2.24) is 0 Å². The maximum atomic E-state index is 9.30. The third-order valence-electron chi connectivity index (χ3n) is 1.41. The van der Waals surface area contributed by atoms with Crippen molar-refractivity contribution in [2.45, 2.75) is 13.8 Å². The average Bonchev–Trinajstić information content (AvgIpc) is 2.13. The Bertz CT molecular complexity index is 295. The first-order valence-electron chi connectivity index (χ1n) is 4.15. The molecule has 13 heavy (non-hydrogen) atoms. The van der Waals surface area contributed by atoms with E-state index in [9.17, 15) is 5.11 Å². The van der Waals surface area contributed by atoms with Crippen molar-refractivity contribution in [2.24, 2.45) is 5.73 Å². The minimum absolute atomic E-state index is 0.000000000000000222. The number of nitrogen functional groups attached to an aromatic ring is 1. The van der Waals surface area contributed by atoms with Gasteiger partial charge in [-0.15, -0.1) is 0 Å². The van der Waals surface area contributed by atoms with Crippen LogP contribution in [-0.2, 0) is 0 Å². The summed E-state index contributed by atoms with van der Waals surface area (Å²) in [5.41, 5.74) is 11.9. The summed E-state index contributed by atoms with van der Waals surface area (Å²) >= 11 is 0. The molecule has 0 fully saturated rings. The summed E-state index contributed by atoms with van der Waals surface area (Å²) in [5, 5.41) is 9.30. The minimum atomic E-state index is 0.000000000000000222. The van der Waals surface area contributed by atoms with Gasteiger partial charge in [0.15, 0.2) is 0 Å². The second-order valence-corrected chi connectivity index (χ2v) is 2.27. The van der Waals surface area contributed by atoms with Crippen LogP contribution in [0.3, 0.4) is 0 Å². The molecular weight excluding hydrogens is 164 g/mol. The molecule has 0 unspecified atom stereocenters. The second-order valence-electron chi connectivity index (χ2n) is 2.27. The number of hydrogen-bond acceptors (Lipinski definition) is 3. The van der Waals surface area contributed by atoms with Gasteiger partial charge in [0.2, 0.25) is 0 Å². The lowest BCUT2D eigenvalue weighted by Crippen LogP contribution is -1.96. The standard InChI is InChI=1S/C8H10N2O.C2H6/c1-5(9)6-3-2-4-7(10)8(6)11;1-2/h2-4,11H,1,9-10H2;1-2H3. The van der Waals surface area contributed by atoms with Crippen molar-refractivity contribution < 1.29 is 5.11 Å². The molecule has 0 spiro atoms. The quantitative estimate of drug-likeness (QED) is 0.456. The first-order chi connectivity index (χ1) is 6.13. The molecule has 0 heterocycles. The molecule has 1 aromatic carbocycles. The summed E-state index contributed by atoms with van der Waals surface area (Å²) in [6.07, 6.45) is 0. The van der Waals surface area contributed by atoms with Crippen LogP contribution >= 0.6 is 0 Å². The van der Waals surface area contributed by atoms with E-state index in [1.807, 2.05) is 13.8 Å². The normalized spacial score (nSPS) is 8.46. The number of para-hydroxylation sites is 1. The van der Waals surface area contributed by atoms with Crippen LogP contribution < -0.4 is 11.5 Å². The van der Waals surface area contributed by atoms with Gasteiger partial charge in [0, 0.05) is 11.3 Å². The molecule has 0 saturated heterocycles. The van der Waals surface area contributed by atoms with Crippen LogP contribution in [0, 0.1) is 0 Å². The van der Waals surface area contributed by atoms with Gasteiger partial charge in [-0.25, -0.2) is 0 Å². The van der Waals surface area contributed by atoms with E-state index in [4.69, 9.17) is 11.5 Å². The summed E-state index contributed by atoms with van der Waals surface area (Å²) in [6.45, 7) is 7.49. The van der Waals surface area contributed by atoms with E-state index in [0.717, 1.165) is 0 Å². The molecule has 0 radical (unpaired) electrons. The Kier molecular flexibility index (Phi) is 4.44.